The average Bonchev–Trinajstić information content (AvgIpc) is 3.73. The Morgan fingerprint density at radius 2 is 0.495 bits per heavy atom. The molecule has 552 valence electrons. The predicted octanol–water partition coefficient (Wildman–Crippen LogP) is 21.4. The summed E-state index contributed by atoms with van der Waals surface area (Å²) in [4.78, 5) is 72.7. The van der Waals surface area contributed by atoms with E-state index < -0.39 is 97.5 Å². The Bertz CT molecular complexity index is 1820. The summed E-state index contributed by atoms with van der Waals surface area (Å²) < 4.78 is 68.4. The van der Waals surface area contributed by atoms with E-state index in [1.807, 2.05) is 0 Å². The Morgan fingerprint density at radius 1 is 0.290 bits per heavy atom. The second kappa shape index (κ2) is 64.7. The molecule has 0 saturated carbocycles. The SMILES string of the molecule is CCCCCCCCCCCC(=O)OC[C@H](COP(=O)(O)OC[C@H](O)COP(=O)(O)OC[C@@H](COC(=O)CCCCCCCCCCCCCCCC(C)C)OC(=O)CCCCCCCCCCCCCCCCC(C)C)OC(=O)CCCCCCCCCCC(C)C. The van der Waals surface area contributed by atoms with Gasteiger partial charge in [-0.1, -0.05) is 325 Å². The van der Waals surface area contributed by atoms with Crippen LogP contribution >= 0.6 is 15.6 Å². The van der Waals surface area contributed by atoms with Gasteiger partial charge in [-0.15, -0.1) is 0 Å². The summed E-state index contributed by atoms with van der Waals surface area (Å²) in [5.41, 5.74) is 0. The van der Waals surface area contributed by atoms with Crippen molar-refractivity contribution in [2.45, 2.75) is 394 Å². The minimum atomic E-state index is -4.96. The number of unbranched alkanes of at least 4 members (excludes halogenated alkanes) is 40. The van der Waals surface area contributed by atoms with Crippen LogP contribution in [0.2, 0.25) is 0 Å². The maximum atomic E-state index is 13.1. The van der Waals surface area contributed by atoms with Crippen LogP contribution in [0.25, 0.3) is 0 Å². The molecule has 93 heavy (non-hydrogen) atoms. The lowest BCUT2D eigenvalue weighted by atomic mass is 10.0. The maximum absolute atomic E-state index is 13.1. The van der Waals surface area contributed by atoms with Crippen molar-refractivity contribution in [3.63, 3.8) is 0 Å². The molecule has 19 heteroatoms. The molecule has 0 aromatic rings. The van der Waals surface area contributed by atoms with Crippen molar-refractivity contribution in [1.82, 2.24) is 0 Å². The first-order chi connectivity index (χ1) is 44.7. The largest absolute Gasteiger partial charge is 0.472 e. The van der Waals surface area contributed by atoms with Gasteiger partial charge in [0.2, 0.25) is 0 Å². The second-order valence-electron chi connectivity index (χ2n) is 28.1. The van der Waals surface area contributed by atoms with Gasteiger partial charge < -0.3 is 33.8 Å². The van der Waals surface area contributed by atoms with E-state index in [-0.39, 0.29) is 25.7 Å². The average molecular weight is 1370 g/mol. The highest BCUT2D eigenvalue weighted by molar-refractivity contribution is 7.47. The highest BCUT2D eigenvalue weighted by Crippen LogP contribution is 2.45. The van der Waals surface area contributed by atoms with Crippen molar-refractivity contribution < 1.29 is 80.2 Å². The van der Waals surface area contributed by atoms with Crippen LogP contribution in [0.4, 0.5) is 0 Å². The van der Waals surface area contributed by atoms with Crippen molar-refractivity contribution >= 4 is 39.5 Å². The van der Waals surface area contributed by atoms with E-state index in [2.05, 4.69) is 48.5 Å². The lowest BCUT2D eigenvalue weighted by molar-refractivity contribution is -0.161. The molecule has 0 saturated heterocycles. The van der Waals surface area contributed by atoms with Crippen molar-refractivity contribution in [2.75, 3.05) is 39.6 Å². The van der Waals surface area contributed by atoms with Gasteiger partial charge in [0, 0.05) is 25.7 Å². The van der Waals surface area contributed by atoms with Crippen LogP contribution in [0, 0.1) is 17.8 Å². The smallest absolute Gasteiger partial charge is 0.462 e. The van der Waals surface area contributed by atoms with Crippen LogP contribution in [-0.2, 0) is 65.4 Å². The summed E-state index contributed by atoms with van der Waals surface area (Å²) in [5, 5.41) is 10.6. The molecule has 0 radical (unpaired) electrons. The van der Waals surface area contributed by atoms with Gasteiger partial charge >= 0.3 is 39.5 Å². The number of ether oxygens (including phenoxy) is 4. The Labute approximate surface area is 568 Å². The minimum Gasteiger partial charge on any atom is -0.462 e. The first kappa shape index (κ1) is 91.1. The van der Waals surface area contributed by atoms with Crippen molar-refractivity contribution in [1.29, 1.82) is 0 Å². The molecule has 0 spiro atoms. The fourth-order valence-corrected chi connectivity index (χ4v) is 12.8. The molecule has 2 unspecified atom stereocenters. The third kappa shape index (κ3) is 68.4. The van der Waals surface area contributed by atoms with Crippen LogP contribution in [0.3, 0.4) is 0 Å². The highest BCUT2D eigenvalue weighted by Gasteiger charge is 2.30. The summed E-state index contributed by atoms with van der Waals surface area (Å²) in [6.45, 7) is 11.9. The van der Waals surface area contributed by atoms with E-state index in [0.29, 0.717) is 25.7 Å². The van der Waals surface area contributed by atoms with E-state index in [9.17, 15) is 43.2 Å². The van der Waals surface area contributed by atoms with Gasteiger partial charge in [-0.05, 0) is 43.4 Å². The van der Waals surface area contributed by atoms with Gasteiger partial charge in [0.15, 0.2) is 12.2 Å². The van der Waals surface area contributed by atoms with Crippen LogP contribution < -0.4 is 0 Å². The summed E-state index contributed by atoms with van der Waals surface area (Å²) in [6.07, 6.45) is 50.0. The Hall–Kier alpha value is -1.94. The normalized spacial score (nSPS) is 14.1. The highest BCUT2D eigenvalue weighted by atomic mass is 31.2. The fourth-order valence-electron chi connectivity index (χ4n) is 11.2. The third-order valence-corrected chi connectivity index (χ3v) is 19.0. The van der Waals surface area contributed by atoms with E-state index in [1.165, 1.54) is 186 Å². The molecule has 17 nitrogen and oxygen atoms in total. The third-order valence-electron chi connectivity index (χ3n) is 17.1. The van der Waals surface area contributed by atoms with E-state index in [0.717, 1.165) is 108 Å². The molecule has 0 aliphatic heterocycles. The molecule has 5 atom stereocenters. The van der Waals surface area contributed by atoms with Crippen molar-refractivity contribution in [3.05, 3.63) is 0 Å². The number of carbonyl (C=O) groups is 4. The number of rotatable bonds is 72. The van der Waals surface area contributed by atoms with Gasteiger partial charge in [0.05, 0.1) is 26.4 Å². The number of aliphatic hydroxyl groups is 1. The molecule has 0 aromatic carbocycles. The number of esters is 4. The predicted molar refractivity (Wildman–Crippen MR) is 377 cm³/mol. The Kier molecular flexibility index (Phi) is 63.4. The zero-order valence-corrected chi connectivity index (χ0v) is 62.5. The monoisotopic (exact) mass is 1370 g/mol. The van der Waals surface area contributed by atoms with Crippen LogP contribution in [0.5, 0.6) is 0 Å². The van der Waals surface area contributed by atoms with Gasteiger partial charge in [-0.2, -0.15) is 0 Å². The van der Waals surface area contributed by atoms with Gasteiger partial charge in [-0.3, -0.25) is 37.3 Å². The lowest BCUT2D eigenvalue weighted by Gasteiger charge is -2.21. The quantitative estimate of drug-likeness (QED) is 0.0222. The molecule has 0 aromatic heterocycles. The number of carbonyl (C=O) groups excluding carboxylic acids is 4. The molecular formula is C74H144O17P2. The molecule has 0 aliphatic rings. The Morgan fingerprint density at radius 3 is 0.731 bits per heavy atom. The standard InChI is InChI=1S/C74H144O17P2/c1-8-9-10-11-12-24-34-41-48-55-71(76)84-61-70(91-74(79)58-51-44-37-30-29-33-40-47-54-67(6)7)64-89-93(82,83)87-60-68(75)59-86-92(80,81)88-63-69(62-85-72(77)56-49-42-35-27-22-19-15-17-21-26-32-39-46-53-66(4)5)90-73(78)57-50-43-36-28-23-18-14-13-16-20-25-31-38-45-52-65(2)3/h65-70,75H,8-64H2,1-7H3,(H,80,81)(H,82,83)/t68-,69-,70-/m1/s1. The number of phosphoric ester groups is 2. The summed E-state index contributed by atoms with van der Waals surface area (Å²) in [5.74, 6) is 0.182. The van der Waals surface area contributed by atoms with Crippen LogP contribution in [0.15, 0.2) is 0 Å². The first-order valence-corrected chi connectivity index (χ1v) is 41.3. The van der Waals surface area contributed by atoms with Gasteiger partial charge in [0.25, 0.3) is 0 Å². The molecule has 3 N–H and O–H groups in total. The van der Waals surface area contributed by atoms with Crippen LogP contribution in [-0.4, -0.2) is 96.7 Å². The molecular weight excluding hydrogens is 1220 g/mol. The maximum Gasteiger partial charge on any atom is 0.472 e. The molecule has 0 fully saturated rings. The van der Waals surface area contributed by atoms with Gasteiger partial charge in [-0.25, -0.2) is 9.13 Å². The zero-order chi connectivity index (χ0) is 68.7. The molecule has 0 aliphatic carbocycles. The second-order valence-corrected chi connectivity index (χ2v) is 31.0. The van der Waals surface area contributed by atoms with Crippen molar-refractivity contribution in [2.24, 2.45) is 17.8 Å². The molecule has 0 rings (SSSR count). The summed E-state index contributed by atoms with van der Waals surface area (Å²) >= 11 is 0. The number of hydrogen-bond donors (Lipinski definition) is 3. The number of aliphatic hydroxyl groups excluding tert-OH is 1. The van der Waals surface area contributed by atoms with E-state index >= 15 is 0 Å². The number of phosphoric acid groups is 2. The first-order valence-electron chi connectivity index (χ1n) is 38.3. The van der Waals surface area contributed by atoms with E-state index in [4.69, 9.17) is 37.0 Å². The topological polar surface area (TPSA) is 237 Å². The Balaban J connectivity index is 5.23. The number of hydrogen-bond acceptors (Lipinski definition) is 15. The van der Waals surface area contributed by atoms with Crippen molar-refractivity contribution in [3.8, 4) is 0 Å². The zero-order valence-electron chi connectivity index (χ0n) is 60.7. The molecule has 0 heterocycles. The summed E-state index contributed by atoms with van der Waals surface area (Å²) in [6, 6.07) is 0. The van der Waals surface area contributed by atoms with Gasteiger partial charge in [0.1, 0.15) is 19.3 Å². The lowest BCUT2D eigenvalue weighted by Crippen LogP contribution is -2.30. The molecule has 0 bridgehead atoms. The van der Waals surface area contributed by atoms with Crippen LogP contribution in [0.1, 0.15) is 376 Å². The summed E-state index contributed by atoms with van der Waals surface area (Å²) in [7, 11) is -9.91. The fraction of sp³-hybridized carbons (Fsp3) is 0.946. The minimum absolute atomic E-state index is 0.104. The van der Waals surface area contributed by atoms with E-state index in [1.54, 1.807) is 0 Å². The molecule has 0 amide bonds.